The molecule has 0 aromatic heterocycles. The van der Waals surface area contributed by atoms with E-state index in [0.717, 1.165) is 0 Å². The third-order valence-electron chi connectivity index (χ3n) is 0.232. The van der Waals surface area contributed by atoms with E-state index >= 15 is 0 Å². The average Bonchev–Trinajstić information content (AvgIpc) is 1.87. The van der Waals surface area contributed by atoms with Gasteiger partial charge in [-0.2, -0.15) is 0 Å². The van der Waals surface area contributed by atoms with Crippen molar-refractivity contribution in [3.63, 3.8) is 0 Å². The Labute approximate surface area is 69.7 Å². The van der Waals surface area contributed by atoms with Crippen LogP contribution in [-0.4, -0.2) is 0.749 Å². The van der Waals surface area contributed by atoms with Crippen molar-refractivity contribution in [1.29, 1.82) is 6.28 Å². The summed E-state index contributed by atoms with van der Waals surface area (Å²) in [6.07, 6.45) is 0. The summed E-state index contributed by atoms with van der Waals surface area (Å²) >= 11 is -0.356. The molecular weight excluding hydrogens is 409 g/mol. The molecule has 9 heteroatoms. The van der Waals surface area contributed by atoms with Gasteiger partial charge in [-0.3, -0.25) is 0 Å². The van der Waals surface area contributed by atoms with Crippen LogP contribution in [0, 0.1) is 5.53 Å². The molecule has 7 nitrogen and oxygen atoms in total. The topological polar surface area (TPSA) is 98.0 Å². The molecule has 0 aliphatic rings. The van der Waals surface area contributed by atoms with E-state index in [-0.39, 0.29) is 0 Å². The zero-order chi connectivity index (χ0) is 7.82. The SMILES string of the molecule is [2H]\[W]([I])=[N]/N=N/N=N/N=N. The maximum atomic E-state index is 6.99. The van der Waals surface area contributed by atoms with E-state index in [9.17, 15) is 0 Å². The molecule has 1 N–H and O–H groups in total. The van der Waals surface area contributed by atoms with Crippen molar-refractivity contribution < 1.29 is 14.5 Å². The van der Waals surface area contributed by atoms with Crippen molar-refractivity contribution in [3.8, 4) is 0 Å². The Morgan fingerprint density at radius 3 is 2.56 bits per heavy atom. The Morgan fingerprint density at radius 1 is 1.33 bits per heavy atom. The van der Waals surface area contributed by atoms with Gasteiger partial charge in [0.25, 0.3) is 0 Å². The van der Waals surface area contributed by atoms with Crippen LogP contribution in [-0.2, 0) is 14.5 Å². The van der Waals surface area contributed by atoms with Gasteiger partial charge in [-0.25, -0.2) is 0 Å². The van der Waals surface area contributed by atoms with Crippen molar-refractivity contribution in [2.75, 3.05) is 0 Å². The quantitative estimate of drug-likeness (QED) is 0.417. The van der Waals surface area contributed by atoms with Crippen molar-refractivity contribution in [3.05, 3.63) is 0 Å². The van der Waals surface area contributed by atoms with Crippen molar-refractivity contribution >= 4 is 19.4 Å². The van der Waals surface area contributed by atoms with Crippen molar-refractivity contribution in [2.45, 2.75) is 0 Å². The van der Waals surface area contributed by atoms with Crippen LogP contribution in [0.4, 0.5) is 0 Å². The van der Waals surface area contributed by atoms with E-state index in [4.69, 9.17) is 6.28 Å². The first-order valence-corrected chi connectivity index (χ1v) is 11.2. The molecule has 0 saturated heterocycles. The molecule has 0 unspecified atom stereocenters. The second kappa shape index (κ2) is 8.02. The first-order valence-electron chi connectivity index (χ1n) is 1.97. The molecule has 0 bridgehead atoms. The number of nitrogens with zero attached hydrogens (tertiary/aromatic N) is 6. The van der Waals surface area contributed by atoms with E-state index < -0.39 is 14.5 Å². The van der Waals surface area contributed by atoms with Crippen molar-refractivity contribution in [2.24, 2.45) is 29.7 Å². The molecule has 0 aromatic carbocycles. The molecule has 0 spiro atoms. The third kappa shape index (κ3) is 8.02. The van der Waals surface area contributed by atoms with Gasteiger partial charge in [0.15, 0.2) is 0 Å². The fourth-order valence-corrected chi connectivity index (χ4v) is 0.947. The Bertz CT molecular complexity index is 178. The number of halogens is 1. The molecule has 0 aliphatic carbocycles. The van der Waals surface area contributed by atoms with E-state index in [0.29, 0.717) is 0 Å². The molecule has 50 valence electrons. The van der Waals surface area contributed by atoms with Crippen molar-refractivity contribution in [1.82, 2.24) is 0 Å². The van der Waals surface area contributed by atoms with Gasteiger partial charge >= 0.3 is 69.9 Å². The number of nitrogens with one attached hydrogen (secondary N) is 1. The van der Waals surface area contributed by atoms with Gasteiger partial charge in [-0.1, -0.05) is 0 Å². The van der Waals surface area contributed by atoms with Crippen LogP contribution in [0.3, 0.4) is 0 Å². The minimum atomic E-state index is -2.27. The molecule has 0 aliphatic heterocycles. The van der Waals surface area contributed by atoms with Gasteiger partial charge in [0.2, 0.25) is 0 Å². The summed E-state index contributed by atoms with van der Waals surface area (Å²) in [5.74, 6) is 0. The summed E-state index contributed by atoms with van der Waals surface area (Å²) in [7, 11) is 0. The second-order valence-electron chi connectivity index (χ2n) is 0.608. The first-order chi connectivity index (χ1) is 4.77. The minimum absolute atomic E-state index is 1.91. The molecule has 0 aromatic rings. The zero-order valence-corrected chi connectivity index (χ0v) is 9.06. The number of hydrogen-bond donors (Lipinski definition) is 1. The third-order valence-corrected chi connectivity index (χ3v) is 2.16. The van der Waals surface area contributed by atoms with Crippen LogP contribution >= 0.6 is 19.4 Å². The summed E-state index contributed by atoms with van der Waals surface area (Å²) < 4.78 is 10.4. The van der Waals surface area contributed by atoms with Gasteiger partial charge in [0.1, 0.15) is 0 Å². The summed E-state index contributed by atoms with van der Waals surface area (Å²) in [5, 5.41) is 14.5. The predicted octanol–water partition coefficient (Wildman–Crippen LogP) is 2.02. The standard InChI is InChI=1S/HI.HN7.W.H/c;1-3-5-7-6-4-2;;/h1H;1H;;/q;;+1;/p-1/b;3-1?,6-4+,7-5+;;/i;;;1+1. The maximum absolute atomic E-state index is 6.99. The van der Waals surface area contributed by atoms with Crippen LogP contribution in [0.15, 0.2) is 29.7 Å². The fourth-order valence-electron chi connectivity index (χ4n) is 0.0859. The normalized spacial score (nSPS) is 16.8. The summed E-state index contributed by atoms with van der Waals surface area (Å²) in [6, 6.07) is 0. The van der Waals surface area contributed by atoms with Crippen LogP contribution in [0.5, 0.6) is 0 Å². The zero-order valence-electron chi connectivity index (χ0n) is 4.97. The monoisotopic (exact) mass is 412 g/mol. The Morgan fingerprint density at radius 2 is 2.00 bits per heavy atom. The van der Waals surface area contributed by atoms with Crippen LogP contribution in [0.25, 0.3) is 0 Å². The average molecular weight is 412 g/mol. The Kier molecular flexibility index (Phi) is 6.35. The van der Waals surface area contributed by atoms with E-state index in [1.54, 1.807) is 0 Å². The van der Waals surface area contributed by atoms with Crippen LogP contribution in [0.1, 0.15) is 0 Å². The van der Waals surface area contributed by atoms with E-state index in [1.807, 2.05) is 19.4 Å². The van der Waals surface area contributed by atoms with Gasteiger partial charge in [-0.05, 0) is 0 Å². The number of hydrogen-bond acceptors (Lipinski definition) is 2. The fraction of sp³-hybridized carbons (Fsp3) is 0. The second-order valence-corrected chi connectivity index (χ2v) is 4.92. The summed E-state index contributed by atoms with van der Waals surface area (Å²) in [4.78, 5) is 0. The summed E-state index contributed by atoms with van der Waals surface area (Å²) in [6.45, 7) is 0. The van der Waals surface area contributed by atoms with E-state index in [1.165, 1.54) is 0 Å². The predicted molar refractivity (Wildman–Crippen MR) is 32.7 cm³/mol. The Hall–Kier alpha value is 0.0183. The van der Waals surface area contributed by atoms with Gasteiger partial charge in [0, 0.05) is 0 Å². The molecule has 0 heterocycles. The van der Waals surface area contributed by atoms with Crippen LogP contribution < -0.4 is 0 Å². The molecule has 9 heavy (non-hydrogen) atoms. The van der Waals surface area contributed by atoms with Gasteiger partial charge in [-0.15, -0.1) is 0 Å². The first kappa shape index (κ1) is 7.13. The molecule has 0 amide bonds. The number of rotatable bonds is 3. The van der Waals surface area contributed by atoms with Crippen LogP contribution in [0.2, 0.25) is 0 Å². The Balaban J connectivity index is 3.67. The summed E-state index contributed by atoms with van der Waals surface area (Å²) in [5.41, 5.74) is 6.13. The molecular formula is H2IN7W. The molecule has 0 atom stereocenters. The van der Waals surface area contributed by atoms with Gasteiger partial charge in [0.05, 0.1) is 0 Å². The molecule has 0 fully saturated rings. The molecule has 0 radical (unpaired) electrons. The van der Waals surface area contributed by atoms with Gasteiger partial charge < -0.3 is 0 Å². The van der Waals surface area contributed by atoms with E-state index in [2.05, 4.69) is 29.7 Å². The molecule has 0 rings (SSSR count). The molecule has 0 saturated carbocycles.